The molecule has 0 saturated heterocycles. The number of nitrogens with one attached hydrogen (secondary N) is 1. The van der Waals surface area contributed by atoms with Crippen LogP contribution in [0.25, 0.3) is 0 Å². The number of aliphatic hydroxyl groups excluding tert-OH is 2. The highest BCUT2D eigenvalue weighted by Gasteiger charge is 2.17. The van der Waals surface area contributed by atoms with Crippen LogP contribution < -0.4 is 5.32 Å². The number of hydrogen-bond acceptors (Lipinski definition) is 3. The van der Waals surface area contributed by atoms with Crippen LogP contribution in [0.4, 0.5) is 0 Å². The second-order valence-corrected chi connectivity index (χ2v) is 11.6. The lowest BCUT2D eigenvalue weighted by Crippen LogP contribution is -2.45. The molecule has 2 atom stereocenters. The minimum atomic E-state index is -0.839. The molecule has 0 aliphatic rings. The van der Waals surface area contributed by atoms with Crippen molar-refractivity contribution in [3.63, 3.8) is 0 Å². The summed E-state index contributed by atoms with van der Waals surface area (Å²) in [7, 11) is 0. The molecule has 0 radical (unpaired) electrons. The van der Waals surface area contributed by atoms with E-state index in [1.165, 1.54) is 116 Å². The molecule has 4 heteroatoms. The molecule has 0 fully saturated rings. The van der Waals surface area contributed by atoms with Crippen LogP contribution in [0.15, 0.2) is 36.5 Å². The lowest BCUT2D eigenvalue weighted by molar-refractivity contribution is -0.123. The van der Waals surface area contributed by atoms with Gasteiger partial charge in [-0.15, -0.1) is 0 Å². The summed E-state index contributed by atoms with van der Waals surface area (Å²) in [6.45, 7) is 4.25. The third-order valence-electron chi connectivity index (χ3n) is 7.62. The molecule has 0 aliphatic heterocycles. The Hall–Kier alpha value is -1.39. The molecule has 3 N–H and O–H groups in total. The predicted octanol–water partition coefficient (Wildman–Crippen LogP) is 9.90. The molecule has 0 aromatic rings. The standard InChI is InChI=1S/C36H67NO3/c1-3-5-7-9-11-13-15-16-17-18-19-20-22-24-26-28-30-32-36(40)37-34(33-38)35(39)31-29-27-25-23-21-14-12-10-8-6-4-2/h11,13,16-17,29,31,34-35,38-39H,3-10,12,14-15,18-28,30,32-33H2,1-2H3,(H,37,40)/b13-11-,17-16-,31-29+. The van der Waals surface area contributed by atoms with Crippen molar-refractivity contribution >= 4 is 5.91 Å². The second-order valence-electron chi connectivity index (χ2n) is 11.6. The van der Waals surface area contributed by atoms with Crippen molar-refractivity contribution < 1.29 is 15.0 Å². The van der Waals surface area contributed by atoms with E-state index in [-0.39, 0.29) is 12.5 Å². The van der Waals surface area contributed by atoms with E-state index >= 15 is 0 Å². The van der Waals surface area contributed by atoms with Gasteiger partial charge in [-0.2, -0.15) is 0 Å². The van der Waals surface area contributed by atoms with Crippen molar-refractivity contribution in [3.8, 4) is 0 Å². The van der Waals surface area contributed by atoms with Gasteiger partial charge >= 0.3 is 0 Å². The number of hydrogen-bond donors (Lipinski definition) is 3. The van der Waals surface area contributed by atoms with E-state index in [1.807, 2.05) is 6.08 Å². The summed E-state index contributed by atoms with van der Waals surface area (Å²) in [4.78, 5) is 12.3. The second kappa shape index (κ2) is 32.1. The van der Waals surface area contributed by atoms with Gasteiger partial charge in [0, 0.05) is 6.42 Å². The summed E-state index contributed by atoms with van der Waals surface area (Å²) >= 11 is 0. The molecule has 0 bridgehead atoms. The number of carbonyl (C=O) groups is 1. The van der Waals surface area contributed by atoms with E-state index in [1.54, 1.807) is 6.08 Å². The Bertz CT molecular complexity index is 613. The van der Waals surface area contributed by atoms with Gasteiger partial charge in [-0.3, -0.25) is 4.79 Å². The summed E-state index contributed by atoms with van der Waals surface area (Å²) in [5, 5.41) is 22.8. The third-order valence-corrected chi connectivity index (χ3v) is 7.62. The number of aliphatic hydroxyl groups is 2. The molecule has 0 saturated carbocycles. The zero-order chi connectivity index (χ0) is 29.4. The van der Waals surface area contributed by atoms with Crippen LogP contribution in [0.3, 0.4) is 0 Å². The van der Waals surface area contributed by atoms with Crippen LogP contribution in [-0.2, 0) is 4.79 Å². The molecule has 0 aromatic heterocycles. The average Bonchev–Trinajstić information content (AvgIpc) is 2.96. The van der Waals surface area contributed by atoms with Gasteiger partial charge in [0.25, 0.3) is 0 Å². The predicted molar refractivity (Wildman–Crippen MR) is 175 cm³/mol. The van der Waals surface area contributed by atoms with E-state index in [0.717, 1.165) is 32.1 Å². The minimum absolute atomic E-state index is 0.0759. The fraction of sp³-hybridized carbons (Fsp3) is 0.806. The van der Waals surface area contributed by atoms with Gasteiger partial charge in [-0.1, -0.05) is 147 Å². The third kappa shape index (κ3) is 28.1. The van der Waals surface area contributed by atoms with Crippen LogP contribution in [0, 0.1) is 0 Å². The van der Waals surface area contributed by atoms with Crippen molar-refractivity contribution in [1.82, 2.24) is 5.32 Å². The Morgan fingerprint density at radius 2 is 1.02 bits per heavy atom. The van der Waals surface area contributed by atoms with Gasteiger partial charge < -0.3 is 15.5 Å². The van der Waals surface area contributed by atoms with Crippen LogP contribution >= 0.6 is 0 Å². The molecule has 0 aromatic carbocycles. The van der Waals surface area contributed by atoms with Gasteiger partial charge in [0.2, 0.25) is 5.91 Å². The molecule has 234 valence electrons. The molecular weight excluding hydrogens is 494 g/mol. The Morgan fingerprint density at radius 1 is 0.600 bits per heavy atom. The maximum atomic E-state index is 12.3. The van der Waals surface area contributed by atoms with Gasteiger partial charge in [0.05, 0.1) is 18.8 Å². The summed E-state index contributed by atoms with van der Waals surface area (Å²) in [5.74, 6) is -0.0759. The highest BCUT2D eigenvalue weighted by molar-refractivity contribution is 5.76. The largest absolute Gasteiger partial charge is 0.394 e. The Morgan fingerprint density at radius 3 is 1.55 bits per heavy atom. The van der Waals surface area contributed by atoms with Crippen molar-refractivity contribution in [2.75, 3.05) is 6.61 Å². The van der Waals surface area contributed by atoms with Gasteiger partial charge in [0.1, 0.15) is 0 Å². The maximum absolute atomic E-state index is 12.3. The van der Waals surface area contributed by atoms with Crippen molar-refractivity contribution in [1.29, 1.82) is 0 Å². The van der Waals surface area contributed by atoms with E-state index in [9.17, 15) is 15.0 Å². The lowest BCUT2D eigenvalue weighted by atomic mass is 10.1. The van der Waals surface area contributed by atoms with Crippen LogP contribution in [-0.4, -0.2) is 34.9 Å². The van der Waals surface area contributed by atoms with Crippen LogP contribution in [0.2, 0.25) is 0 Å². The zero-order valence-electron chi connectivity index (χ0n) is 26.6. The number of allylic oxidation sites excluding steroid dienone is 5. The Kier molecular flexibility index (Phi) is 31.0. The summed E-state index contributed by atoms with van der Waals surface area (Å²) in [6.07, 6.45) is 40.7. The van der Waals surface area contributed by atoms with E-state index in [0.29, 0.717) is 6.42 Å². The first-order valence-corrected chi connectivity index (χ1v) is 17.2. The first-order chi connectivity index (χ1) is 19.7. The van der Waals surface area contributed by atoms with Crippen molar-refractivity contribution in [2.45, 2.75) is 180 Å². The van der Waals surface area contributed by atoms with E-state index in [4.69, 9.17) is 0 Å². The quantitative estimate of drug-likeness (QED) is 0.0603. The van der Waals surface area contributed by atoms with Crippen LogP contribution in [0.5, 0.6) is 0 Å². The molecule has 4 nitrogen and oxygen atoms in total. The minimum Gasteiger partial charge on any atom is -0.394 e. The monoisotopic (exact) mass is 562 g/mol. The molecule has 0 rings (SSSR count). The zero-order valence-corrected chi connectivity index (χ0v) is 26.6. The van der Waals surface area contributed by atoms with E-state index < -0.39 is 12.1 Å². The molecule has 2 unspecified atom stereocenters. The smallest absolute Gasteiger partial charge is 0.220 e. The summed E-state index contributed by atoms with van der Waals surface area (Å²) in [6, 6.07) is -0.622. The SMILES string of the molecule is CCCCC/C=C\C/C=C\CCCCCCCCCC(=O)NC(CO)C(O)/C=C/CCCCCCCCCCC. The Labute approximate surface area is 249 Å². The average molecular weight is 562 g/mol. The first kappa shape index (κ1) is 38.6. The van der Waals surface area contributed by atoms with Crippen LogP contribution in [0.1, 0.15) is 168 Å². The van der Waals surface area contributed by atoms with Crippen molar-refractivity contribution in [2.24, 2.45) is 0 Å². The molecular formula is C36H67NO3. The number of unbranched alkanes of at least 4 members (excludes halogenated alkanes) is 19. The summed E-state index contributed by atoms with van der Waals surface area (Å²) in [5.41, 5.74) is 0. The van der Waals surface area contributed by atoms with E-state index in [2.05, 4.69) is 43.5 Å². The molecule has 0 aliphatic carbocycles. The highest BCUT2D eigenvalue weighted by atomic mass is 16.3. The maximum Gasteiger partial charge on any atom is 0.220 e. The number of carbonyl (C=O) groups excluding carboxylic acids is 1. The normalized spacial score (nSPS) is 13.6. The topological polar surface area (TPSA) is 69.6 Å². The number of amides is 1. The van der Waals surface area contributed by atoms with Gasteiger partial charge in [-0.05, 0) is 51.4 Å². The molecule has 40 heavy (non-hydrogen) atoms. The van der Waals surface area contributed by atoms with Crippen molar-refractivity contribution in [3.05, 3.63) is 36.5 Å². The number of rotatable bonds is 30. The fourth-order valence-corrected chi connectivity index (χ4v) is 4.91. The molecule has 0 spiro atoms. The first-order valence-electron chi connectivity index (χ1n) is 17.2. The molecule has 0 heterocycles. The lowest BCUT2D eigenvalue weighted by Gasteiger charge is -2.20. The fourth-order valence-electron chi connectivity index (χ4n) is 4.91. The Balaban J connectivity index is 3.66. The van der Waals surface area contributed by atoms with Gasteiger partial charge in [0.15, 0.2) is 0 Å². The van der Waals surface area contributed by atoms with Gasteiger partial charge in [-0.25, -0.2) is 0 Å². The summed E-state index contributed by atoms with van der Waals surface area (Å²) < 4.78 is 0. The molecule has 1 amide bonds. The highest BCUT2D eigenvalue weighted by Crippen LogP contribution is 2.12.